The van der Waals surface area contributed by atoms with Crippen LogP contribution in [0.3, 0.4) is 0 Å². The number of hydrogen-bond donors (Lipinski definition) is 2. The molecule has 148 valence electrons. The fourth-order valence-corrected chi connectivity index (χ4v) is 3.80. The second kappa shape index (κ2) is 7.69. The van der Waals surface area contributed by atoms with Crippen molar-refractivity contribution in [1.29, 1.82) is 0 Å². The van der Waals surface area contributed by atoms with Crippen LogP contribution in [0, 0.1) is 0 Å². The maximum Gasteiger partial charge on any atom is 0.253 e. The summed E-state index contributed by atoms with van der Waals surface area (Å²) in [5.41, 5.74) is 5.23. The fourth-order valence-electron chi connectivity index (χ4n) is 3.57. The van der Waals surface area contributed by atoms with Crippen LogP contribution in [0.1, 0.15) is 27.5 Å². The van der Waals surface area contributed by atoms with Gasteiger partial charge >= 0.3 is 0 Å². The van der Waals surface area contributed by atoms with Crippen LogP contribution < -0.4 is 5.32 Å². The molecule has 0 saturated heterocycles. The number of carbonyl (C=O) groups excluding carboxylic acids is 1. The number of pyridine rings is 1. The highest BCUT2D eigenvalue weighted by molar-refractivity contribution is 6.33. The predicted octanol–water partition coefficient (Wildman–Crippen LogP) is 5.45. The molecule has 0 fully saturated rings. The van der Waals surface area contributed by atoms with E-state index in [-0.39, 0.29) is 5.91 Å². The fraction of sp³-hybridized carbons (Fsp3) is 0.0833. The Balaban J connectivity index is 1.39. The first-order valence-corrected chi connectivity index (χ1v) is 10.0. The standard InChI is InChI=1S/C24H18ClN3O2/c25-20-4-2-1-3-18(20)23-8-7-17(30-23)6-5-16-13-15(9-11-26-16)22-14-19-21(28-22)10-12-27-24(19)29/h1-9,11,13-14,28H,10,12H2,(H,27,29). The summed E-state index contributed by atoms with van der Waals surface area (Å²) in [6.07, 6.45) is 6.34. The third-order valence-electron chi connectivity index (χ3n) is 5.08. The minimum Gasteiger partial charge on any atom is -0.457 e. The van der Waals surface area contributed by atoms with Gasteiger partial charge in [-0.05, 0) is 54.6 Å². The van der Waals surface area contributed by atoms with Gasteiger partial charge in [0.25, 0.3) is 5.91 Å². The minimum absolute atomic E-state index is 0.0277. The zero-order valence-corrected chi connectivity index (χ0v) is 16.7. The van der Waals surface area contributed by atoms with Crippen molar-refractivity contribution in [3.63, 3.8) is 0 Å². The number of halogens is 1. The Kier molecular flexibility index (Phi) is 4.73. The Morgan fingerprint density at radius 1 is 1.03 bits per heavy atom. The first kappa shape index (κ1) is 18.5. The van der Waals surface area contributed by atoms with Crippen LogP contribution in [0.15, 0.2) is 65.2 Å². The van der Waals surface area contributed by atoms with E-state index in [2.05, 4.69) is 15.3 Å². The molecule has 1 aliphatic heterocycles. The Hall–Kier alpha value is -3.57. The number of hydrogen-bond acceptors (Lipinski definition) is 3. The van der Waals surface area contributed by atoms with E-state index in [0.29, 0.717) is 22.9 Å². The highest BCUT2D eigenvalue weighted by Crippen LogP contribution is 2.30. The van der Waals surface area contributed by atoms with Crippen molar-refractivity contribution >= 4 is 29.7 Å². The molecule has 0 spiro atoms. The van der Waals surface area contributed by atoms with Crippen molar-refractivity contribution in [2.45, 2.75) is 6.42 Å². The number of furan rings is 1. The lowest BCUT2D eigenvalue weighted by atomic mass is 10.1. The number of fused-ring (bicyclic) bond motifs is 1. The second-order valence-corrected chi connectivity index (χ2v) is 7.47. The molecular formula is C24H18ClN3O2. The molecule has 6 heteroatoms. The van der Waals surface area contributed by atoms with Gasteiger partial charge in [0, 0.05) is 41.7 Å². The number of benzene rings is 1. The van der Waals surface area contributed by atoms with Gasteiger partial charge in [0.2, 0.25) is 0 Å². The van der Waals surface area contributed by atoms with Crippen LogP contribution in [0.2, 0.25) is 5.02 Å². The summed E-state index contributed by atoms with van der Waals surface area (Å²) >= 11 is 6.25. The van der Waals surface area contributed by atoms with Gasteiger partial charge in [-0.2, -0.15) is 0 Å². The number of carbonyl (C=O) groups is 1. The summed E-state index contributed by atoms with van der Waals surface area (Å²) < 4.78 is 5.90. The maximum atomic E-state index is 12.0. The molecule has 5 nitrogen and oxygen atoms in total. The van der Waals surface area contributed by atoms with Crippen molar-refractivity contribution in [2.75, 3.05) is 6.54 Å². The van der Waals surface area contributed by atoms with Gasteiger partial charge in [-0.15, -0.1) is 0 Å². The molecule has 1 aliphatic rings. The monoisotopic (exact) mass is 415 g/mol. The number of rotatable bonds is 4. The van der Waals surface area contributed by atoms with Crippen LogP contribution in [-0.2, 0) is 6.42 Å². The van der Waals surface area contributed by atoms with E-state index in [4.69, 9.17) is 16.0 Å². The lowest BCUT2D eigenvalue weighted by Crippen LogP contribution is -2.31. The van der Waals surface area contributed by atoms with Crippen molar-refractivity contribution in [2.24, 2.45) is 0 Å². The highest BCUT2D eigenvalue weighted by atomic mass is 35.5. The van der Waals surface area contributed by atoms with Crippen LogP contribution in [0.25, 0.3) is 34.7 Å². The lowest BCUT2D eigenvalue weighted by molar-refractivity contribution is 0.0946. The minimum atomic E-state index is -0.0277. The zero-order chi connectivity index (χ0) is 20.5. The van der Waals surface area contributed by atoms with E-state index in [1.54, 1.807) is 6.20 Å². The molecule has 5 rings (SSSR count). The van der Waals surface area contributed by atoms with E-state index >= 15 is 0 Å². The van der Waals surface area contributed by atoms with Crippen molar-refractivity contribution in [1.82, 2.24) is 15.3 Å². The number of nitrogens with one attached hydrogen (secondary N) is 2. The highest BCUT2D eigenvalue weighted by Gasteiger charge is 2.19. The van der Waals surface area contributed by atoms with Crippen LogP contribution >= 0.6 is 11.6 Å². The molecule has 0 aliphatic carbocycles. The molecule has 0 atom stereocenters. The molecule has 1 aromatic carbocycles. The van der Waals surface area contributed by atoms with Gasteiger partial charge in [0.15, 0.2) is 0 Å². The number of nitrogens with zero attached hydrogens (tertiary/aromatic N) is 1. The van der Waals surface area contributed by atoms with Gasteiger partial charge in [-0.1, -0.05) is 23.7 Å². The summed E-state index contributed by atoms with van der Waals surface area (Å²) in [5, 5.41) is 3.52. The van der Waals surface area contributed by atoms with E-state index < -0.39 is 0 Å². The molecule has 3 aromatic heterocycles. The summed E-state index contributed by atoms with van der Waals surface area (Å²) in [7, 11) is 0. The second-order valence-electron chi connectivity index (χ2n) is 7.07. The van der Waals surface area contributed by atoms with E-state index in [1.165, 1.54) is 0 Å². The molecular weight excluding hydrogens is 398 g/mol. The van der Waals surface area contributed by atoms with Gasteiger partial charge in [-0.25, -0.2) is 0 Å². The first-order chi connectivity index (χ1) is 14.7. The largest absolute Gasteiger partial charge is 0.457 e. The van der Waals surface area contributed by atoms with Crippen LogP contribution in [-0.4, -0.2) is 22.4 Å². The quantitative estimate of drug-likeness (QED) is 0.465. The summed E-state index contributed by atoms with van der Waals surface area (Å²) in [5.74, 6) is 1.40. The average Bonchev–Trinajstić information content (AvgIpc) is 3.41. The van der Waals surface area contributed by atoms with Gasteiger partial charge in [0.1, 0.15) is 11.5 Å². The van der Waals surface area contributed by atoms with Gasteiger partial charge < -0.3 is 14.7 Å². The number of aromatic amines is 1. The summed E-state index contributed by atoms with van der Waals surface area (Å²) in [4.78, 5) is 19.8. The molecule has 4 heterocycles. The SMILES string of the molecule is O=C1NCCc2[nH]c(-c3ccnc(C=Cc4ccc(-c5ccccc5Cl)o4)c3)cc21. The average molecular weight is 416 g/mol. The third kappa shape index (κ3) is 3.55. The van der Waals surface area contributed by atoms with E-state index in [1.807, 2.05) is 66.7 Å². The molecule has 0 saturated carbocycles. The van der Waals surface area contributed by atoms with Crippen molar-refractivity contribution < 1.29 is 9.21 Å². The lowest BCUT2D eigenvalue weighted by Gasteiger charge is -2.10. The van der Waals surface area contributed by atoms with Gasteiger partial charge in [0.05, 0.1) is 16.3 Å². The molecule has 30 heavy (non-hydrogen) atoms. The van der Waals surface area contributed by atoms with E-state index in [0.717, 1.165) is 40.4 Å². The molecule has 0 radical (unpaired) electrons. The number of aromatic nitrogens is 2. The van der Waals surface area contributed by atoms with Gasteiger partial charge in [-0.3, -0.25) is 9.78 Å². The molecule has 1 amide bonds. The summed E-state index contributed by atoms with van der Waals surface area (Å²) in [6, 6.07) is 17.2. The van der Waals surface area contributed by atoms with Crippen LogP contribution in [0.4, 0.5) is 0 Å². The number of amides is 1. The Bertz CT molecular complexity index is 1270. The van der Waals surface area contributed by atoms with Crippen LogP contribution in [0.5, 0.6) is 0 Å². The topological polar surface area (TPSA) is 70.9 Å². The first-order valence-electron chi connectivity index (χ1n) is 9.67. The predicted molar refractivity (Wildman–Crippen MR) is 118 cm³/mol. The molecule has 2 N–H and O–H groups in total. The molecule has 0 unspecified atom stereocenters. The Morgan fingerprint density at radius 2 is 1.93 bits per heavy atom. The Morgan fingerprint density at radius 3 is 2.80 bits per heavy atom. The third-order valence-corrected chi connectivity index (χ3v) is 5.41. The van der Waals surface area contributed by atoms with Crippen molar-refractivity contribution in [3.05, 3.63) is 88.5 Å². The molecule has 4 aromatic rings. The van der Waals surface area contributed by atoms with E-state index in [9.17, 15) is 4.79 Å². The zero-order valence-electron chi connectivity index (χ0n) is 16.0. The molecule has 0 bridgehead atoms. The maximum absolute atomic E-state index is 12.0. The summed E-state index contributed by atoms with van der Waals surface area (Å²) in [6.45, 7) is 0.662. The Labute approximate surface area is 178 Å². The normalized spacial score (nSPS) is 13.4. The van der Waals surface area contributed by atoms with Crippen molar-refractivity contribution in [3.8, 4) is 22.6 Å². The number of H-pyrrole nitrogens is 1. The smallest absolute Gasteiger partial charge is 0.253 e.